The second-order valence-corrected chi connectivity index (χ2v) is 12.7. The molecule has 218 valence electrons. The van der Waals surface area contributed by atoms with Gasteiger partial charge in [-0.3, -0.25) is 10.00 Å². The van der Waals surface area contributed by atoms with E-state index in [0.717, 1.165) is 43.8 Å². The molecule has 1 saturated carbocycles. The number of aromatic amines is 1. The van der Waals surface area contributed by atoms with Gasteiger partial charge in [-0.15, -0.1) is 11.3 Å². The van der Waals surface area contributed by atoms with Gasteiger partial charge in [-0.25, -0.2) is 14.5 Å². The molecule has 0 amide bonds. The normalized spacial score (nSPS) is 23.2. The molecule has 2 aliphatic heterocycles. The Kier molecular flexibility index (Phi) is 6.78. The van der Waals surface area contributed by atoms with Crippen LogP contribution in [0.1, 0.15) is 54.9 Å². The highest BCUT2D eigenvalue weighted by molar-refractivity contribution is 7.15. The summed E-state index contributed by atoms with van der Waals surface area (Å²) in [5.74, 6) is 0.777. The van der Waals surface area contributed by atoms with Crippen molar-refractivity contribution >= 4 is 17.0 Å². The van der Waals surface area contributed by atoms with Gasteiger partial charge in [0, 0.05) is 66.2 Å². The van der Waals surface area contributed by atoms with Crippen molar-refractivity contribution in [3.8, 4) is 27.7 Å². The Morgan fingerprint density at radius 3 is 2.66 bits per heavy atom. The molecule has 3 aliphatic rings. The Labute approximate surface area is 239 Å². The van der Waals surface area contributed by atoms with Gasteiger partial charge in [-0.2, -0.15) is 23.4 Å². The quantitative estimate of drug-likeness (QED) is 0.319. The number of alkyl halides is 3. The number of aromatic nitrogens is 6. The number of H-pyrrole nitrogens is 1. The van der Waals surface area contributed by atoms with Crippen LogP contribution in [0.3, 0.4) is 0 Å². The maximum atomic E-state index is 13.8. The highest BCUT2D eigenvalue weighted by atomic mass is 32.1. The molecule has 4 aromatic heterocycles. The van der Waals surface area contributed by atoms with Crippen molar-refractivity contribution in [1.82, 2.24) is 34.7 Å². The van der Waals surface area contributed by atoms with Gasteiger partial charge in [0.1, 0.15) is 11.3 Å². The fourth-order valence-electron chi connectivity index (χ4n) is 6.84. The van der Waals surface area contributed by atoms with Crippen LogP contribution in [0.15, 0.2) is 24.8 Å². The van der Waals surface area contributed by atoms with Gasteiger partial charge in [0.2, 0.25) is 0 Å². The van der Waals surface area contributed by atoms with Gasteiger partial charge >= 0.3 is 6.18 Å². The summed E-state index contributed by atoms with van der Waals surface area (Å²) in [4.78, 5) is 12.5. The van der Waals surface area contributed by atoms with Crippen LogP contribution in [0.5, 0.6) is 5.75 Å². The summed E-state index contributed by atoms with van der Waals surface area (Å²) in [6, 6.07) is 2.26. The summed E-state index contributed by atoms with van der Waals surface area (Å²) in [6.07, 6.45) is 6.05. The lowest BCUT2D eigenvalue weighted by Crippen LogP contribution is -2.61. The first kappa shape index (κ1) is 26.8. The number of hydrogen-bond acceptors (Lipinski definition) is 8. The van der Waals surface area contributed by atoms with Crippen LogP contribution in [0.2, 0.25) is 0 Å². The molecule has 4 aromatic rings. The number of fused-ring (bicyclic) bond motifs is 1. The first-order valence-electron chi connectivity index (χ1n) is 14.1. The maximum absolute atomic E-state index is 13.8. The molecule has 1 spiro atoms. The lowest BCUT2D eigenvalue weighted by Gasteiger charge is -2.56. The van der Waals surface area contributed by atoms with E-state index in [4.69, 9.17) is 9.47 Å². The van der Waals surface area contributed by atoms with E-state index in [1.165, 1.54) is 55.2 Å². The van der Waals surface area contributed by atoms with Crippen LogP contribution < -0.4 is 4.74 Å². The third-order valence-electron chi connectivity index (χ3n) is 9.06. The Morgan fingerprint density at radius 2 is 1.93 bits per heavy atom. The van der Waals surface area contributed by atoms with Gasteiger partial charge < -0.3 is 9.47 Å². The summed E-state index contributed by atoms with van der Waals surface area (Å²) in [7, 11) is 1.48. The van der Waals surface area contributed by atoms with Gasteiger partial charge in [-0.05, 0) is 50.5 Å². The average Bonchev–Trinajstić information content (AvgIpc) is 3.71. The molecule has 1 aliphatic carbocycles. The van der Waals surface area contributed by atoms with E-state index in [-0.39, 0.29) is 11.3 Å². The molecule has 3 fully saturated rings. The smallest absolute Gasteiger partial charge is 0.393 e. The van der Waals surface area contributed by atoms with Gasteiger partial charge in [0.15, 0.2) is 11.4 Å². The number of halogens is 3. The third kappa shape index (κ3) is 5.12. The number of nitrogens with zero attached hydrogens (tertiary/aromatic N) is 6. The molecule has 0 aromatic carbocycles. The van der Waals surface area contributed by atoms with Crippen LogP contribution in [0.4, 0.5) is 13.2 Å². The molecule has 13 heteroatoms. The molecule has 0 unspecified atom stereocenters. The molecule has 41 heavy (non-hydrogen) atoms. The SMILES string of the molecule is COc1cc(-c2n[nH]c(-c3ncc(C4CCC(N5CC6(CCOCC6)C5)CC4)s3)c2CC(F)(F)F)cn2ncnc12. The lowest BCUT2D eigenvalue weighted by atomic mass is 9.71. The minimum atomic E-state index is -4.42. The van der Waals surface area contributed by atoms with E-state index in [9.17, 15) is 13.2 Å². The molecular formula is C28H32F3N7O2S. The fourth-order valence-corrected chi connectivity index (χ4v) is 7.95. The second kappa shape index (κ2) is 10.4. The minimum Gasteiger partial charge on any atom is -0.493 e. The van der Waals surface area contributed by atoms with Crippen molar-refractivity contribution < 1.29 is 22.6 Å². The standard InChI is InChI=1S/C28H32F3N7O2S/c1-39-21-10-18(13-38-25(21)33-16-34-38)23-20(11-28(29,30)31)24(36-35-23)26-32-12-22(41-26)17-2-4-19(5-3-17)37-14-27(15-37)6-8-40-9-7-27/h10,12-13,16-17,19H,2-9,11,14-15H2,1H3,(H,35,36). The van der Waals surface area contributed by atoms with Gasteiger partial charge in [-0.1, -0.05) is 0 Å². The van der Waals surface area contributed by atoms with Crippen molar-refractivity contribution in [3.05, 3.63) is 35.2 Å². The zero-order valence-corrected chi connectivity index (χ0v) is 23.6. The summed E-state index contributed by atoms with van der Waals surface area (Å²) < 4.78 is 53.8. The summed E-state index contributed by atoms with van der Waals surface area (Å²) in [5, 5.41) is 11.9. The molecule has 2 saturated heterocycles. The van der Waals surface area contributed by atoms with Crippen LogP contribution in [0, 0.1) is 5.41 Å². The summed E-state index contributed by atoms with van der Waals surface area (Å²) in [5.41, 5.74) is 1.96. The number of rotatable bonds is 6. The predicted molar refractivity (Wildman–Crippen MR) is 147 cm³/mol. The maximum Gasteiger partial charge on any atom is 0.393 e. The zero-order valence-electron chi connectivity index (χ0n) is 22.8. The van der Waals surface area contributed by atoms with Crippen LogP contribution in [0.25, 0.3) is 27.6 Å². The second-order valence-electron chi connectivity index (χ2n) is 11.6. The summed E-state index contributed by atoms with van der Waals surface area (Å²) in [6.45, 7) is 4.16. The van der Waals surface area contributed by atoms with E-state index in [1.54, 1.807) is 12.3 Å². The minimum absolute atomic E-state index is 0.0588. The lowest BCUT2D eigenvalue weighted by molar-refractivity contribution is -0.127. The molecule has 9 nitrogen and oxygen atoms in total. The number of methoxy groups -OCH3 is 1. The van der Waals surface area contributed by atoms with Crippen molar-refractivity contribution in [2.75, 3.05) is 33.4 Å². The highest BCUT2D eigenvalue weighted by Crippen LogP contribution is 2.46. The van der Waals surface area contributed by atoms with Crippen LogP contribution in [-0.2, 0) is 11.2 Å². The number of nitrogens with one attached hydrogen (secondary N) is 1. The molecule has 1 N–H and O–H groups in total. The number of thiazole rings is 1. The van der Waals surface area contributed by atoms with E-state index in [1.807, 2.05) is 6.20 Å². The van der Waals surface area contributed by atoms with E-state index in [0.29, 0.717) is 45.0 Å². The summed E-state index contributed by atoms with van der Waals surface area (Å²) >= 11 is 1.47. The zero-order chi connectivity index (χ0) is 28.2. The van der Waals surface area contributed by atoms with E-state index in [2.05, 4.69) is 30.2 Å². The van der Waals surface area contributed by atoms with Crippen LogP contribution in [-0.4, -0.2) is 80.3 Å². The largest absolute Gasteiger partial charge is 0.493 e. The molecule has 0 bridgehead atoms. The molecule has 0 radical (unpaired) electrons. The third-order valence-corrected chi connectivity index (χ3v) is 10.2. The monoisotopic (exact) mass is 587 g/mol. The number of hydrogen-bond donors (Lipinski definition) is 1. The van der Waals surface area contributed by atoms with Gasteiger partial charge in [0.05, 0.1) is 24.9 Å². The van der Waals surface area contributed by atoms with Crippen LogP contribution >= 0.6 is 11.3 Å². The van der Waals surface area contributed by atoms with Crippen molar-refractivity contribution in [1.29, 1.82) is 0 Å². The molecule has 6 heterocycles. The Bertz CT molecular complexity index is 1520. The van der Waals surface area contributed by atoms with Crippen molar-refractivity contribution in [2.45, 2.75) is 63.1 Å². The van der Waals surface area contributed by atoms with E-state index < -0.39 is 12.6 Å². The highest BCUT2D eigenvalue weighted by Gasteiger charge is 2.46. The number of likely N-dealkylation sites (tertiary alicyclic amines) is 1. The first-order valence-corrected chi connectivity index (χ1v) is 14.9. The topological polar surface area (TPSA) is 93.5 Å². The average molecular weight is 588 g/mol. The molecule has 0 atom stereocenters. The Hall–Kier alpha value is -3.03. The first-order chi connectivity index (χ1) is 19.8. The molecular weight excluding hydrogens is 555 g/mol. The Balaban J connectivity index is 1.10. The fraction of sp³-hybridized carbons (Fsp3) is 0.571. The Morgan fingerprint density at radius 1 is 1.15 bits per heavy atom. The predicted octanol–water partition coefficient (Wildman–Crippen LogP) is 5.49. The molecule has 7 rings (SSSR count). The number of ether oxygens (including phenoxy) is 2. The van der Waals surface area contributed by atoms with Crippen molar-refractivity contribution in [2.24, 2.45) is 5.41 Å². The van der Waals surface area contributed by atoms with Gasteiger partial charge in [0.25, 0.3) is 0 Å². The number of pyridine rings is 1. The van der Waals surface area contributed by atoms with E-state index >= 15 is 0 Å². The van der Waals surface area contributed by atoms with Crippen molar-refractivity contribution in [3.63, 3.8) is 0 Å².